The molecule has 2 fully saturated rings. The Morgan fingerprint density at radius 1 is 0.862 bits per heavy atom. The van der Waals surface area contributed by atoms with Crippen molar-refractivity contribution in [3.05, 3.63) is 0 Å². The van der Waals surface area contributed by atoms with Gasteiger partial charge in [0.2, 0.25) is 0 Å². The van der Waals surface area contributed by atoms with Crippen LogP contribution in [-0.4, -0.2) is 116 Å². The smallest absolute Gasteiger partial charge is 0.306 e. The van der Waals surface area contributed by atoms with E-state index in [1.165, 1.54) is 0 Å². The summed E-state index contributed by atoms with van der Waals surface area (Å²) in [6.45, 7) is -1.18. The molecule has 2 aliphatic heterocycles. The molecule has 2 aliphatic rings. The van der Waals surface area contributed by atoms with Crippen LogP contribution in [0.2, 0.25) is 0 Å². The molecule has 0 bridgehead atoms. The van der Waals surface area contributed by atoms with E-state index in [9.17, 15) is 40.5 Å². The SMILES string of the molecule is C#CCCC(=O)OCC1O[C@H](O[C@H]2OC(CO)[C@@H](O)C(O)[C@H]2O)C(O)[C@@H](O)[C@@H]1O. The number of aliphatic hydroxyl groups is 7. The number of terminal acetylenes is 1. The van der Waals surface area contributed by atoms with Crippen LogP contribution >= 0.6 is 0 Å². The maximum absolute atomic E-state index is 11.5. The lowest BCUT2D eigenvalue weighted by atomic mass is 9.98. The molecule has 12 heteroatoms. The van der Waals surface area contributed by atoms with E-state index in [0.717, 1.165) is 0 Å². The van der Waals surface area contributed by atoms with E-state index in [-0.39, 0.29) is 12.8 Å². The fraction of sp³-hybridized carbons (Fsp3) is 0.824. The van der Waals surface area contributed by atoms with E-state index in [1.54, 1.807) is 0 Å². The Morgan fingerprint density at radius 3 is 1.90 bits per heavy atom. The predicted octanol–water partition coefficient (Wildman–Crippen LogP) is -4.43. The monoisotopic (exact) mass is 422 g/mol. The van der Waals surface area contributed by atoms with Gasteiger partial charge in [0.25, 0.3) is 0 Å². The highest BCUT2D eigenvalue weighted by Crippen LogP contribution is 2.28. The number of carbonyl (C=O) groups excluding carboxylic acids is 1. The molecule has 0 spiro atoms. The Hall–Kier alpha value is -1.37. The summed E-state index contributed by atoms with van der Waals surface area (Å²) in [4.78, 5) is 11.5. The molecule has 166 valence electrons. The molecule has 2 rings (SSSR count). The second kappa shape index (κ2) is 10.6. The molecule has 29 heavy (non-hydrogen) atoms. The van der Waals surface area contributed by atoms with Crippen molar-refractivity contribution in [3.63, 3.8) is 0 Å². The summed E-state index contributed by atoms with van der Waals surface area (Å²) in [5, 5.41) is 68.9. The molecule has 0 aliphatic carbocycles. The van der Waals surface area contributed by atoms with Crippen LogP contribution in [0.4, 0.5) is 0 Å². The van der Waals surface area contributed by atoms with Crippen molar-refractivity contribution in [2.24, 2.45) is 0 Å². The molecule has 12 nitrogen and oxygen atoms in total. The fourth-order valence-corrected chi connectivity index (χ4v) is 2.90. The Bertz CT molecular complexity index is 577. The summed E-state index contributed by atoms with van der Waals surface area (Å²) in [7, 11) is 0. The van der Waals surface area contributed by atoms with Crippen molar-refractivity contribution in [1.82, 2.24) is 0 Å². The van der Waals surface area contributed by atoms with Gasteiger partial charge in [0.1, 0.15) is 55.4 Å². The minimum absolute atomic E-state index is 0.0602. The minimum Gasteiger partial charge on any atom is -0.463 e. The lowest BCUT2D eigenvalue weighted by Crippen LogP contribution is -2.63. The van der Waals surface area contributed by atoms with E-state index in [2.05, 4.69) is 5.92 Å². The number of rotatable bonds is 7. The maximum atomic E-state index is 11.5. The number of carbonyl (C=O) groups is 1. The standard InChI is InChI=1S/C17H26O12/c1-2-3-4-9(19)26-6-8-11(21)13(23)15(25)17(28-8)29-16-14(24)12(22)10(20)7(5-18)27-16/h1,7-8,10-18,20-25H,3-6H2/t7?,8?,10-,11-,12?,13+,14-,15?,16-,17-/m1/s1. The summed E-state index contributed by atoms with van der Waals surface area (Å²) in [5.74, 6) is 1.60. The topological polar surface area (TPSA) is 196 Å². The van der Waals surface area contributed by atoms with Crippen molar-refractivity contribution in [2.75, 3.05) is 13.2 Å². The van der Waals surface area contributed by atoms with Crippen LogP contribution in [0.1, 0.15) is 12.8 Å². The minimum atomic E-state index is -1.79. The van der Waals surface area contributed by atoms with Gasteiger partial charge in [-0.2, -0.15) is 0 Å². The summed E-state index contributed by atoms with van der Waals surface area (Å²) in [6.07, 6.45) is -11.0. The third-order valence-corrected chi connectivity index (χ3v) is 4.67. The third kappa shape index (κ3) is 5.62. The number of hydrogen-bond donors (Lipinski definition) is 7. The van der Waals surface area contributed by atoms with Gasteiger partial charge < -0.3 is 54.7 Å². The van der Waals surface area contributed by atoms with E-state index in [4.69, 9.17) is 25.4 Å². The first-order valence-electron chi connectivity index (χ1n) is 8.96. The van der Waals surface area contributed by atoms with Gasteiger partial charge >= 0.3 is 5.97 Å². The van der Waals surface area contributed by atoms with Crippen molar-refractivity contribution in [1.29, 1.82) is 0 Å². The number of esters is 1. The molecular formula is C17H26O12. The van der Waals surface area contributed by atoms with Gasteiger partial charge in [0.05, 0.1) is 13.0 Å². The molecule has 0 amide bonds. The second-order valence-electron chi connectivity index (χ2n) is 6.74. The van der Waals surface area contributed by atoms with Crippen molar-refractivity contribution in [3.8, 4) is 12.3 Å². The summed E-state index contributed by atoms with van der Waals surface area (Å²) in [6, 6.07) is 0. The molecule has 7 N–H and O–H groups in total. The second-order valence-corrected chi connectivity index (χ2v) is 6.74. The van der Waals surface area contributed by atoms with Crippen LogP contribution in [0.25, 0.3) is 0 Å². The average molecular weight is 422 g/mol. The summed E-state index contributed by atoms with van der Waals surface area (Å²) < 4.78 is 20.6. The van der Waals surface area contributed by atoms with Crippen LogP contribution in [0.3, 0.4) is 0 Å². The van der Waals surface area contributed by atoms with Gasteiger partial charge in [0, 0.05) is 6.42 Å². The number of ether oxygens (including phenoxy) is 4. The van der Waals surface area contributed by atoms with E-state index >= 15 is 0 Å². The van der Waals surface area contributed by atoms with Gasteiger partial charge in [-0.05, 0) is 0 Å². The molecular weight excluding hydrogens is 396 g/mol. The molecule has 0 aromatic rings. The zero-order valence-corrected chi connectivity index (χ0v) is 15.4. The van der Waals surface area contributed by atoms with Crippen LogP contribution < -0.4 is 0 Å². The van der Waals surface area contributed by atoms with Crippen molar-refractivity contribution >= 4 is 5.97 Å². The van der Waals surface area contributed by atoms with Gasteiger partial charge in [-0.3, -0.25) is 4.79 Å². The number of aliphatic hydroxyl groups excluding tert-OH is 7. The maximum Gasteiger partial charge on any atom is 0.306 e. The van der Waals surface area contributed by atoms with Gasteiger partial charge in [-0.25, -0.2) is 0 Å². The fourth-order valence-electron chi connectivity index (χ4n) is 2.90. The first kappa shape index (κ1) is 23.9. The third-order valence-electron chi connectivity index (χ3n) is 4.67. The molecule has 0 aromatic heterocycles. The van der Waals surface area contributed by atoms with Crippen LogP contribution in [0, 0.1) is 12.3 Å². The molecule has 2 saturated heterocycles. The lowest BCUT2D eigenvalue weighted by molar-refractivity contribution is -0.376. The molecule has 0 aromatic carbocycles. The van der Waals surface area contributed by atoms with Crippen LogP contribution in [-0.2, 0) is 23.7 Å². The molecule has 10 atom stereocenters. The molecule has 0 radical (unpaired) electrons. The average Bonchev–Trinajstić information content (AvgIpc) is 2.71. The van der Waals surface area contributed by atoms with Gasteiger partial charge in [-0.15, -0.1) is 12.3 Å². The normalized spacial score (nSPS) is 42.8. The van der Waals surface area contributed by atoms with E-state index < -0.39 is 80.6 Å². The zero-order chi connectivity index (χ0) is 21.7. The van der Waals surface area contributed by atoms with Gasteiger partial charge in [0.15, 0.2) is 12.6 Å². The highest BCUT2D eigenvalue weighted by atomic mass is 16.8. The Kier molecular flexibility index (Phi) is 8.73. The highest BCUT2D eigenvalue weighted by molar-refractivity contribution is 5.69. The summed E-state index contributed by atoms with van der Waals surface area (Å²) in [5.41, 5.74) is 0. The van der Waals surface area contributed by atoms with Crippen molar-refractivity contribution < 1.29 is 59.5 Å². The Balaban J connectivity index is 2.01. The lowest BCUT2D eigenvalue weighted by Gasteiger charge is -2.44. The molecule has 4 unspecified atom stereocenters. The Morgan fingerprint density at radius 2 is 1.38 bits per heavy atom. The van der Waals surface area contributed by atoms with Crippen LogP contribution in [0.5, 0.6) is 0 Å². The molecule has 2 heterocycles. The number of hydrogen-bond acceptors (Lipinski definition) is 12. The highest BCUT2D eigenvalue weighted by Gasteiger charge is 2.49. The quantitative estimate of drug-likeness (QED) is 0.154. The van der Waals surface area contributed by atoms with E-state index in [1.807, 2.05) is 0 Å². The van der Waals surface area contributed by atoms with Crippen LogP contribution in [0.15, 0.2) is 0 Å². The predicted molar refractivity (Wildman–Crippen MR) is 90.6 cm³/mol. The van der Waals surface area contributed by atoms with Gasteiger partial charge in [-0.1, -0.05) is 0 Å². The Labute approximate surface area is 166 Å². The first-order chi connectivity index (χ1) is 13.7. The summed E-state index contributed by atoms with van der Waals surface area (Å²) >= 11 is 0. The van der Waals surface area contributed by atoms with E-state index in [0.29, 0.717) is 0 Å². The molecule has 0 saturated carbocycles. The first-order valence-corrected chi connectivity index (χ1v) is 8.96. The zero-order valence-electron chi connectivity index (χ0n) is 15.4. The van der Waals surface area contributed by atoms with Crippen molar-refractivity contribution in [2.45, 2.75) is 74.3 Å². The largest absolute Gasteiger partial charge is 0.463 e.